The molecule has 4 atom stereocenters. The quantitative estimate of drug-likeness (QED) is 0.103. The van der Waals surface area contributed by atoms with E-state index in [9.17, 15) is 38.4 Å². The van der Waals surface area contributed by atoms with Gasteiger partial charge in [0.25, 0.3) is 11.8 Å². The number of hydrogen-bond acceptors (Lipinski definition) is 11. The van der Waals surface area contributed by atoms with E-state index in [1.54, 1.807) is 61.6 Å². The Labute approximate surface area is 390 Å². The van der Waals surface area contributed by atoms with Crippen LogP contribution >= 0.6 is 0 Å². The molecule has 66 heavy (non-hydrogen) atoms. The maximum atomic E-state index is 14.9. The molecular weight excluding hydrogens is 849 g/mol. The number of amides is 6. The average molecular weight is 923 g/mol. The van der Waals surface area contributed by atoms with Crippen LogP contribution < -0.4 is 10.6 Å². The van der Waals surface area contributed by atoms with Crippen molar-refractivity contribution in [1.82, 2.24) is 30.1 Å². The Morgan fingerprint density at radius 1 is 0.803 bits per heavy atom. The number of esters is 1. The van der Waals surface area contributed by atoms with Crippen LogP contribution in [0.4, 0.5) is 4.79 Å². The summed E-state index contributed by atoms with van der Waals surface area (Å²) in [5.41, 5.74) is -1.60. The molecule has 2 N–H and O–H groups in total. The lowest BCUT2D eigenvalue weighted by Crippen LogP contribution is -2.63. The molecule has 1 aliphatic heterocycles. The SMILES string of the molecule is C/C(=C\[C@H](C(C)C)N(C)C(=O)[C@@H](NC(=O)[C@@H](N(C)C(=O)OC(C)(C)C)C(C)(C)c1cn(C)c2ccccc12)C(C)(C)C)C(=O)N[C@H](CCC(=O)ON1C(=O)CCC1=O)CC(=O)OC(C)(C)C. The molecule has 1 saturated heterocycles. The van der Waals surface area contributed by atoms with E-state index in [1.165, 1.54) is 16.8 Å². The van der Waals surface area contributed by atoms with E-state index in [-0.39, 0.29) is 43.6 Å². The molecular formula is C49H74N6O11. The highest BCUT2D eigenvalue weighted by atomic mass is 16.7. The molecule has 0 aliphatic carbocycles. The Morgan fingerprint density at radius 3 is 1.89 bits per heavy atom. The van der Waals surface area contributed by atoms with Gasteiger partial charge in [-0.2, -0.15) is 0 Å². The number of hydrogen-bond donors (Lipinski definition) is 2. The van der Waals surface area contributed by atoms with Crippen LogP contribution in [-0.4, -0.2) is 116 Å². The van der Waals surface area contributed by atoms with Gasteiger partial charge in [-0.3, -0.25) is 33.7 Å². The number of para-hydroxylation sites is 1. The molecule has 1 aromatic carbocycles. The second-order valence-electron chi connectivity index (χ2n) is 21.3. The van der Waals surface area contributed by atoms with Crippen LogP contribution in [0.25, 0.3) is 10.9 Å². The summed E-state index contributed by atoms with van der Waals surface area (Å²) in [7, 11) is 5.02. The van der Waals surface area contributed by atoms with Crippen LogP contribution in [0.15, 0.2) is 42.1 Å². The zero-order valence-corrected chi connectivity index (χ0v) is 42.2. The highest BCUT2D eigenvalue weighted by Gasteiger charge is 2.47. The first kappa shape index (κ1) is 54.6. The zero-order chi connectivity index (χ0) is 50.4. The zero-order valence-electron chi connectivity index (χ0n) is 42.2. The maximum Gasteiger partial charge on any atom is 0.410 e. The molecule has 2 heterocycles. The lowest BCUT2D eigenvalue weighted by Gasteiger charge is -2.42. The van der Waals surface area contributed by atoms with Crippen molar-refractivity contribution >= 4 is 58.5 Å². The molecule has 0 radical (unpaired) electrons. The Kier molecular flexibility index (Phi) is 17.6. The lowest BCUT2D eigenvalue weighted by molar-refractivity contribution is -0.197. The number of ether oxygens (including phenoxy) is 2. The third kappa shape index (κ3) is 14.4. The molecule has 3 rings (SSSR count). The van der Waals surface area contributed by atoms with Gasteiger partial charge in [-0.25, -0.2) is 9.59 Å². The summed E-state index contributed by atoms with van der Waals surface area (Å²) < 4.78 is 13.2. The predicted octanol–water partition coefficient (Wildman–Crippen LogP) is 6.26. The Bertz CT molecular complexity index is 2170. The summed E-state index contributed by atoms with van der Waals surface area (Å²) in [6, 6.07) is 3.92. The first-order chi connectivity index (χ1) is 30.2. The van der Waals surface area contributed by atoms with Crippen molar-refractivity contribution in [2.24, 2.45) is 18.4 Å². The number of likely N-dealkylation sites (N-methyl/N-ethyl adjacent to an activating group) is 2. The number of aromatic nitrogens is 1. The monoisotopic (exact) mass is 923 g/mol. The number of fused-ring (bicyclic) bond motifs is 1. The molecule has 0 spiro atoms. The first-order valence-corrected chi connectivity index (χ1v) is 22.5. The van der Waals surface area contributed by atoms with Crippen LogP contribution in [0.2, 0.25) is 0 Å². The van der Waals surface area contributed by atoms with Gasteiger partial charge in [0, 0.05) is 74.5 Å². The molecule has 366 valence electrons. The summed E-state index contributed by atoms with van der Waals surface area (Å²) in [4.78, 5) is 115. The van der Waals surface area contributed by atoms with Crippen LogP contribution in [0.3, 0.4) is 0 Å². The van der Waals surface area contributed by atoms with Gasteiger partial charge < -0.3 is 34.4 Å². The molecule has 2 aromatic rings. The third-order valence-corrected chi connectivity index (χ3v) is 11.3. The number of carbonyl (C=O) groups excluding carboxylic acids is 8. The van der Waals surface area contributed by atoms with Crippen molar-refractivity contribution in [2.45, 2.75) is 170 Å². The Morgan fingerprint density at radius 2 is 1.36 bits per heavy atom. The average Bonchev–Trinajstić information content (AvgIpc) is 3.69. The minimum Gasteiger partial charge on any atom is -0.460 e. The van der Waals surface area contributed by atoms with Crippen molar-refractivity contribution < 1.29 is 52.7 Å². The summed E-state index contributed by atoms with van der Waals surface area (Å²) in [6.07, 6.45) is 1.99. The number of nitrogens with one attached hydrogen (secondary N) is 2. The van der Waals surface area contributed by atoms with Crippen molar-refractivity contribution in [1.29, 1.82) is 0 Å². The van der Waals surface area contributed by atoms with Crippen molar-refractivity contribution in [3.8, 4) is 0 Å². The molecule has 1 fully saturated rings. The minimum atomic E-state index is -1.16. The number of imide groups is 1. The molecule has 1 aliphatic rings. The third-order valence-electron chi connectivity index (χ3n) is 11.3. The summed E-state index contributed by atoms with van der Waals surface area (Å²) in [5, 5.41) is 7.18. The molecule has 6 amide bonds. The van der Waals surface area contributed by atoms with E-state index >= 15 is 0 Å². The summed E-state index contributed by atoms with van der Waals surface area (Å²) in [5.74, 6) is -4.64. The number of aryl methyl sites for hydroxylation is 1. The van der Waals surface area contributed by atoms with E-state index in [4.69, 9.17) is 14.3 Å². The predicted molar refractivity (Wildman–Crippen MR) is 249 cm³/mol. The second-order valence-corrected chi connectivity index (χ2v) is 21.3. The first-order valence-electron chi connectivity index (χ1n) is 22.5. The minimum absolute atomic E-state index is 0.0719. The van der Waals surface area contributed by atoms with Crippen LogP contribution in [-0.2, 0) is 60.3 Å². The molecule has 17 nitrogen and oxygen atoms in total. The number of hydroxylamine groups is 2. The molecule has 17 heteroatoms. The van der Waals surface area contributed by atoms with Gasteiger partial charge in [-0.1, -0.05) is 72.7 Å². The van der Waals surface area contributed by atoms with E-state index in [1.807, 2.05) is 90.5 Å². The van der Waals surface area contributed by atoms with Crippen LogP contribution in [0, 0.1) is 11.3 Å². The van der Waals surface area contributed by atoms with Crippen LogP contribution in [0.1, 0.15) is 135 Å². The van der Waals surface area contributed by atoms with Crippen LogP contribution in [0.5, 0.6) is 0 Å². The fourth-order valence-electron chi connectivity index (χ4n) is 7.94. The number of rotatable bonds is 17. The molecule has 0 unspecified atom stereocenters. The van der Waals surface area contributed by atoms with Crippen molar-refractivity contribution in [2.75, 3.05) is 14.1 Å². The van der Waals surface area contributed by atoms with E-state index in [0.717, 1.165) is 16.5 Å². The summed E-state index contributed by atoms with van der Waals surface area (Å²) >= 11 is 0. The Balaban J connectivity index is 1.95. The normalized spacial score (nSPS) is 15.8. The van der Waals surface area contributed by atoms with E-state index < -0.39 is 93.8 Å². The number of carbonyl (C=O) groups is 8. The van der Waals surface area contributed by atoms with Gasteiger partial charge in [0.1, 0.15) is 23.3 Å². The van der Waals surface area contributed by atoms with Gasteiger partial charge >= 0.3 is 18.0 Å². The number of benzene rings is 1. The molecule has 0 saturated carbocycles. The lowest BCUT2D eigenvalue weighted by atomic mass is 9.76. The standard InChI is InChI=1S/C49H74N6O11/c1-29(2)35(26-30(3)42(60)50-31(27-39(59)64-47(7,8)9)22-25-38(58)66-55-36(56)23-24-37(55)57)53(16)44(62)40(46(4,5)6)51-43(61)41(54(17)45(63)65-48(10,11)12)49(13,14)33-28-52(15)34-21-19-18-20-32(33)34/h18-21,26,28-29,31,35,40-41H,22-25,27H2,1-17H3,(H,50,60)(H,51,61)/b30-26+/t31-,35-,40-,41-/m1/s1. The fraction of sp³-hybridized carbons (Fsp3) is 0.633. The fourth-order valence-corrected chi connectivity index (χ4v) is 7.94. The van der Waals surface area contributed by atoms with E-state index in [2.05, 4.69) is 10.6 Å². The van der Waals surface area contributed by atoms with Gasteiger partial charge in [-0.05, 0) is 77.8 Å². The smallest absolute Gasteiger partial charge is 0.410 e. The maximum absolute atomic E-state index is 14.9. The van der Waals surface area contributed by atoms with Crippen molar-refractivity contribution in [3.63, 3.8) is 0 Å². The summed E-state index contributed by atoms with van der Waals surface area (Å²) in [6.45, 7) is 24.9. The van der Waals surface area contributed by atoms with E-state index in [0.29, 0.717) is 5.06 Å². The Hall–Kier alpha value is -5.74. The number of nitrogens with zero attached hydrogens (tertiary/aromatic N) is 4. The highest BCUT2D eigenvalue weighted by molar-refractivity contribution is 6.01. The largest absolute Gasteiger partial charge is 0.460 e. The van der Waals surface area contributed by atoms with Gasteiger partial charge in [-0.15, -0.1) is 5.06 Å². The second kappa shape index (κ2) is 21.3. The van der Waals surface area contributed by atoms with Gasteiger partial charge in [0.05, 0.1) is 12.5 Å². The van der Waals surface area contributed by atoms with Gasteiger partial charge in [0.15, 0.2) is 0 Å². The highest BCUT2D eigenvalue weighted by Crippen LogP contribution is 2.37. The van der Waals surface area contributed by atoms with Crippen molar-refractivity contribution in [3.05, 3.63) is 47.7 Å². The molecule has 0 bridgehead atoms. The van der Waals surface area contributed by atoms with Gasteiger partial charge in [0.2, 0.25) is 17.7 Å². The molecule has 1 aromatic heterocycles. The topological polar surface area (TPSA) is 203 Å².